The Hall–Kier alpha value is -4.64. The maximum Gasteiger partial charge on any atom is 0.252 e. The molecule has 3 aliphatic heterocycles. The molecule has 5 aromatic rings. The number of ether oxygens (including phenoxy) is 2. The van der Waals surface area contributed by atoms with Gasteiger partial charge in [-0.2, -0.15) is 0 Å². The molecular formula is C49H53BN2O2. The topological polar surface area (TPSA) is 24.9 Å². The molecule has 274 valence electrons. The van der Waals surface area contributed by atoms with Crippen LogP contribution in [0.15, 0.2) is 66.7 Å². The maximum absolute atomic E-state index is 6.68. The summed E-state index contributed by atoms with van der Waals surface area (Å²) in [6, 6.07) is 26.7. The van der Waals surface area contributed by atoms with Gasteiger partial charge in [0.15, 0.2) is 11.5 Å². The van der Waals surface area contributed by atoms with Gasteiger partial charge in [-0.15, -0.1) is 0 Å². The van der Waals surface area contributed by atoms with Crippen molar-refractivity contribution in [1.29, 1.82) is 0 Å². The largest absolute Gasteiger partial charge is 0.486 e. The lowest BCUT2D eigenvalue weighted by atomic mass is 9.33. The lowest BCUT2D eigenvalue weighted by molar-refractivity contribution is 0.172. The van der Waals surface area contributed by atoms with Crippen LogP contribution in [0.1, 0.15) is 93.0 Å². The van der Waals surface area contributed by atoms with E-state index in [4.69, 9.17) is 9.47 Å². The van der Waals surface area contributed by atoms with E-state index in [-0.39, 0.29) is 23.0 Å². The van der Waals surface area contributed by atoms with E-state index < -0.39 is 0 Å². The summed E-state index contributed by atoms with van der Waals surface area (Å²) in [7, 11) is 0. The van der Waals surface area contributed by atoms with Crippen molar-refractivity contribution < 1.29 is 9.47 Å². The number of benzene rings is 5. The number of hydrogen-bond acceptors (Lipinski definition) is 4. The third-order valence-corrected chi connectivity index (χ3v) is 12.9. The van der Waals surface area contributed by atoms with Gasteiger partial charge in [-0.3, -0.25) is 0 Å². The zero-order chi connectivity index (χ0) is 37.6. The SMILES string of the molecule is Cc1cc2c3c(c1)N(c1c(C)cc(C(C)(C)C)cc1C)c1c(ccc4c1OCCO4)B3c1cc3c(cc1N2c1ccc2c(c1)CC(C)(C)C2)CC(C)(C)C3. The van der Waals surface area contributed by atoms with Crippen molar-refractivity contribution in [3.05, 3.63) is 111 Å². The first-order chi connectivity index (χ1) is 25.6. The standard InChI is InChI=1S/C49H53BN2O2/c1-28-17-40-43-41(18-28)52(44-29(2)19-35(20-30(44)3)47(4,5)6)45-37(13-14-42-46(45)54-16-15-53-42)50(43)38-22-33-26-49(9,10)27-34(33)23-39(38)51(40)36-12-11-31-24-48(7,8)25-32(31)21-36/h11-14,17-23H,15-16,24-27H2,1-10H3. The Bertz CT molecular complexity index is 2430. The van der Waals surface area contributed by atoms with Gasteiger partial charge in [-0.05, 0) is 160 Å². The van der Waals surface area contributed by atoms with Crippen LogP contribution in [-0.4, -0.2) is 19.9 Å². The Labute approximate surface area is 322 Å². The Morgan fingerprint density at radius 1 is 0.593 bits per heavy atom. The fraction of sp³-hybridized carbons (Fsp3) is 0.388. The summed E-state index contributed by atoms with van der Waals surface area (Å²) in [4.78, 5) is 5.17. The molecule has 4 nitrogen and oxygen atoms in total. The van der Waals surface area contributed by atoms with E-state index in [2.05, 4.69) is 146 Å². The highest BCUT2D eigenvalue weighted by Gasteiger charge is 2.47. The molecule has 0 unspecified atom stereocenters. The van der Waals surface area contributed by atoms with Gasteiger partial charge in [0.05, 0.1) is 11.4 Å². The molecule has 0 spiro atoms. The summed E-state index contributed by atoms with van der Waals surface area (Å²) in [6.45, 7) is 24.6. The van der Waals surface area contributed by atoms with E-state index in [0.717, 1.165) is 42.9 Å². The fourth-order valence-corrected chi connectivity index (χ4v) is 10.7. The molecule has 0 fully saturated rings. The van der Waals surface area contributed by atoms with Crippen molar-refractivity contribution in [2.75, 3.05) is 23.0 Å². The van der Waals surface area contributed by atoms with Crippen LogP contribution >= 0.6 is 0 Å². The molecule has 0 saturated heterocycles. The molecule has 0 radical (unpaired) electrons. The third-order valence-electron chi connectivity index (χ3n) is 12.9. The van der Waals surface area contributed by atoms with Gasteiger partial charge in [0.25, 0.3) is 6.71 Å². The average Bonchev–Trinajstić information content (AvgIpc) is 3.58. The van der Waals surface area contributed by atoms with E-state index in [0.29, 0.717) is 13.2 Å². The average molecular weight is 713 g/mol. The number of nitrogens with zero attached hydrogens (tertiary/aromatic N) is 2. The normalized spacial score (nSPS) is 18.2. The molecule has 0 bridgehead atoms. The van der Waals surface area contributed by atoms with E-state index >= 15 is 0 Å². The van der Waals surface area contributed by atoms with E-state index in [9.17, 15) is 0 Å². The smallest absolute Gasteiger partial charge is 0.252 e. The van der Waals surface area contributed by atoms with Crippen molar-refractivity contribution in [3.63, 3.8) is 0 Å². The Balaban J connectivity index is 1.30. The molecule has 0 atom stereocenters. The minimum absolute atomic E-state index is 0.0424. The Kier molecular flexibility index (Phi) is 7.04. The molecule has 5 aliphatic rings. The van der Waals surface area contributed by atoms with Crippen LogP contribution in [0.4, 0.5) is 34.1 Å². The minimum atomic E-state index is 0.0424. The molecule has 0 amide bonds. The monoisotopic (exact) mass is 712 g/mol. The van der Waals surface area contributed by atoms with Crippen LogP contribution in [-0.2, 0) is 31.1 Å². The van der Waals surface area contributed by atoms with Crippen molar-refractivity contribution in [1.82, 2.24) is 0 Å². The molecule has 0 N–H and O–H groups in total. The molecular weight excluding hydrogens is 659 g/mol. The van der Waals surface area contributed by atoms with Crippen LogP contribution < -0.4 is 35.7 Å². The van der Waals surface area contributed by atoms with Crippen molar-refractivity contribution in [2.45, 2.75) is 100 Å². The Morgan fingerprint density at radius 3 is 1.89 bits per heavy atom. The second kappa shape index (κ2) is 11.2. The van der Waals surface area contributed by atoms with Crippen LogP contribution in [0.5, 0.6) is 11.5 Å². The van der Waals surface area contributed by atoms with Gasteiger partial charge in [0.1, 0.15) is 13.2 Å². The summed E-state index contributed by atoms with van der Waals surface area (Å²) >= 11 is 0. The Morgan fingerprint density at radius 2 is 1.20 bits per heavy atom. The van der Waals surface area contributed by atoms with Gasteiger partial charge in [0, 0.05) is 22.7 Å². The summed E-state index contributed by atoms with van der Waals surface area (Å²) in [5, 5.41) is 0. The number of fused-ring (bicyclic) bond motifs is 8. The van der Waals surface area contributed by atoms with E-state index in [1.807, 2.05) is 0 Å². The number of rotatable bonds is 2. The van der Waals surface area contributed by atoms with Crippen molar-refractivity contribution in [3.8, 4) is 11.5 Å². The maximum atomic E-state index is 6.68. The van der Waals surface area contributed by atoms with Crippen LogP contribution in [0, 0.1) is 31.6 Å². The zero-order valence-electron chi connectivity index (χ0n) is 33.9. The van der Waals surface area contributed by atoms with Crippen LogP contribution in [0.2, 0.25) is 0 Å². The fourth-order valence-electron chi connectivity index (χ4n) is 10.7. The van der Waals surface area contributed by atoms with Gasteiger partial charge < -0.3 is 19.3 Å². The third kappa shape index (κ3) is 5.02. The minimum Gasteiger partial charge on any atom is -0.486 e. The summed E-state index contributed by atoms with van der Waals surface area (Å²) < 4.78 is 13.0. The molecule has 5 aromatic carbocycles. The molecule has 54 heavy (non-hydrogen) atoms. The predicted molar refractivity (Wildman–Crippen MR) is 227 cm³/mol. The van der Waals surface area contributed by atoms with E-state index in [1.165, 1.54) is 89.3 Å². The van der Waals surface area contributed by atoms with Gasteiger partial charge in [0.2, 0.25) is 0 Å². The number of aryl methyl sites for hydroxylation is 3. The quantitative estimate of drug-likeness (QED) is 0.167. The van der Waals surface area contributed by atoms with Crippen LogP contribution in [0.3, 0.4) is 0 Å². The molecule has 10 rings (SSSR count). The highest BCUT2D eigenvalue weighted by molar-refractivity contribution is 7.00. The predicted octanol–water partition coefficient (Wildman–Crippen LogP) is 10.0. The van der Waals surface area contributed by atoms with Crippen LogP contribution in [0.25, 0.3) is 0 Å². The molecule has 0 aromatic heterocycles. The van der Waals surface area contributed by atoms with E-state index in [1.54, 1.807) is 0 Å². The zero-order valence-corrected chi connectivity index (χ0v) is 33.9. The lowest BCUT2D eigenvalue weighted by Crippen LogP contribution is -2.61. The van der Waals surface area contributed by atoms with Gasteiger partial charge >= 0.3 is 0 Å². The first-order valence-electron chi connectivity index (χ1n) is 20.1. The first kappa shape index (κ1) is 33.9. The van der Waals surface area contributed by atoms with Gasteiger partial charge in [-0.25, -0.2) is 0 Å². The summed E-state index contributed by atoms with van der Waals surface area (Å²) in [5.74, 6) is 1.69. The van der Waals surface area contributed by atoms with Crippen molar-refractivity contribution in [2.24, 2.45) is 10.8 Å². The second-order valence-corrected chi connectivity index (χ2v) is 19.7. The highest BCUT2D eigenvalue weighted by Crippen LogP contribution is 2.52. The molecule has 2 aliphatic carbocycles. The number of anilines is 6. The first-order valence-corrected chi connectivity index (χ1v) is 20.1. The molecule has 0 saturated carbocycles. The molecule has 3 heterocycles. The van der Waals surface area contributed by atoms with Crippen molar-refractivity contribution >= 4 is 57.2 Å². The summed E-state index contributed by atoms with van der Waals surface area (Å²) in [5.41, 5.74) is 23.2. The number of hydrogen-bond donors (Lipinski definition) is 0. The lowest BCUT2D eigenvalue weighted by Gasteiger charge is -2.46. The highest BCUT2D eigenvalue weighted by atomic mass is 16.6. The second-order valence-electron chi connectivity index (χ2n) is 19.7. The van der Waals surface area contributed by atoms with Gasteiger partial charge in [-0.1, -0.05) is 78.8 Å². The summed E-state index contributed by atoms with van der Waals surface area (Å²) in [6.07, 6.45) is 4.45. The molecule has 5 heteroatoms.